The Morgan fingerprint density at radius 2 is 1.92 bits per heavy atom. The number of unbranched alkanes of at least 4 members (excludes halogenated alkanes) is 1. The minimum Gasteiger partial charge on any atom is -0.146 e. The number of hydrogen-bond donors (Lipinski definition) is 0. The molecule has 1 unspecified atom stereocenters. The zero-order chi connectivity index (χ0) is 9.40. The van der Waals surface area contributed by atoms with Gasteiger partial charge in [-0.3, -0.25) is 0 Å². The van der Waals surface area contributed by atoms with E-state index in [9.17, 15) is 4.48 Å². The van der Waals surface area contributed by atoms with Crippen molar-refractivity contribution in [1.29, 1.82) is 0 Å². The van der Waals surface area contributed by atoms with E-state index in [1.807, 2.05) is 6.92 Å². The molecule has 0 saturated heterocycles. The maximum absolute atomic E-state index is 12.9. The van der Waals surface area contributed by atoms with Gasteiger partial charge in [-0.2, -0.15) is 0 Å². The van der Waals surface area contributed by atoms with Gasteiger partial charge in [-0.25, -0.2) is 0 Å². The largest absolute Gasteiger partial charge is 0.146 e. The van der Waals surface area contributed by atoms with E-state index in [4.69, 9.17) is 0 Å². The summed E-state index contributed by atoms with van der Waals surface area (Å²) >= 11 is 0. The lowest BCUT2D eigenvalue weighted by Crippen LogP contribution is -2.21. The summed E-state index contributed by atoms with van der Waals surface area (Å²) in [6, 6.07) is 0. The molecule has 0 aliphatic heterocycles. The Kier molecular flexibility index (Phi) is 7.47. The smallest absolute Gasteiger partial charge is 0.0316 e. The predicted octanol–water partition coefficient (Wildman–Crippen LogP) is 3.41. The van der Waals surface area contributed by atoms with Crippen molar-refractivity contribution in [2.45, 2.75) is 46.5 Å². The van der Waals surface area contributed by atoms with Gasteiger partial charge in [0.2, 0.25) is 0 Å². The fourth-order valence-electron chi connectivity index (χ4n) is 1.32. The van der Waals surface area contributed by atoms with Gasteiger partial charge in [0.1, 0.15) is 0 Å². The monoisotopic (exact) mass is 175 g/mol. The Morgan fingerprint density at radius 3 is 2.42 bits per heavy atom. The molecule has 0 aromatic carbocycles. The Balaban J connectivity index is 3.33. The van der Waals surface area contributed by atoms with E-state index in [0.717, 1.165) is 18.0 Å². The van der Waals surface area contributed by atoms with Crippen molar-refractivity contribution in [3.8, 4) is 0 Å². The van der Waals surface area contributed by atoms with Crippen LogP contribution >= 0.6 is 0 Å². The first-order valence-corrected chi connectivity index (χ1v) is 5.11. The highest BCUT2D eigenvalue weighted by Gasteiger charge is 2.07. The van der Waals surface area contributed by atoms with Gasteiger partial charge in [-0.05, 0) is 18.8 Å². The van der Waals surface area contributed by atoms with Crippen molar-refractivity contribution in [2.24, 2.45) is 5.92 Å². The second kappa shape index (κ2) is 7.53. The molecule has 0 amide bonds. The lowest BCUT2D eigenvalue weighted by Gasteiger charge is -2.15. The molecular weight excluding hydrogens is 153 g/mol. The van der Waals surface area contributed by atoms with E-state index in [2.05, 4.69) is 13.8 Å². The van der Waals surface area contributed by atoms with Crippen molar-refractivity contribution in [3.05, 3.63) is 0 Å². The molecule has 0 N–H and O–H groups in total. The topological polar surface area (TPSA) is 3.24 Å². The first-order chi connectivity index (χ1) is 5.70. The van der Waals surface area contributed by atoms with Crippen LogP contribution in [0.15, 0.2) is 0 Å². The van der Waals surface area contributed by atoms with Crippen molar-refractivity contribution in [1.82, 2.24) is 5.12 Å². The third-order valence-corrected chi connectivity index (χ3v) is 2.03. The van der Waals surface area contributed by atoms with E-state index < -0.39 is 0 Å². The number of hydrogen-bond acceptors (Lipinski definition) is 1. The summed E-state index contributed by atoms with van der Waals surface area (Å²) in [5, 5.41) is 0.945. The fraction of sp³-hybridized carbons (Fsp3) is 1.00. The van der Waals surface area contributed by atoms with Gasteiger partial charge in [-0.1, -0.05) is 33.6 Å². The average Bonchev–Trinajstić information content (AvgIpc) is 2.01. The molecule has 0 aliphatic rings. The van der Waals surface area contributed by atoms with Gasteiger partial charge in [-0.15, -0.1) is 9.60 Å². The molecule has 0 saturated carbocycles. The van der Waals surface area contributed by atoms with Gasteiger partial charge in [0.15, 0.2) is 0 Å². The summed E-state index contributed by atoms with van der Waals surface area (Å²) in [5.74, 6) is 0.501. The van der Waals surface area contributed by atoms with Gasteiger partial charge in [0.05, 0.1) is 0 Å². The summed E-state index contributed by atoms with van der Waals surface area (Å²) in [4.78, 5) is 0. The van der Waals surface area contributed by atoms with Crippen LogP contribution in [0, 0.1) is 5.92 Å². The highest BCUT2D eigenvalue weighted by Crippen LogP contribution is 2.09. The standard InChI is InChI=1S/C10H22FN/c1-4-6-7-10(3)9-12(11)8-5-2/h10H,4-9H2,1-3H3. The van der Waals surface area contributed by atoms with Crippen LogP contribution in [0.4, 0.5) is 4.48 Å². The van der Waals surface area contributed by atoms with E-state index in [1.54, 1.807) is 0 Å². The zero-order valence-corrected chi connectivity index (χ0v) is 8.65. The second-order valence-electron chi connectivity index (χ2n) is 3.62. The number of nitrogens with zero attached hydrogens (tertiary/aromatic N) is 1. The highest BCUT2D eigenvalue weighted by atomic mass is 19.2. The average molecular weight is 175 g/mol. The zero-order valence-electron chi connectivity index (χ0n) is 8.65. The Morgan fingerprint density at radius 1 is 1.25 bits per heavy atom. The normalized spacial score (nSPS) is 13.8. The van der Waals surface area contributed by atoms with Crippen molar-refractivity contribution < 1.29 is 4.48 Å². The Labute approximate surface area is 75.9 Å². The van der Waals surface area contributed by atoms with Gasteiger partial charge in [0.25, 0.3) is 0 Å². The molecule has 0 rings (SSSR count). The molecule has 74 valence electrons. The first-order valence-electron chi connectivity index (χ1n) is 5.11. The first kappa shape index (κ1) is 11.9. The molecule has 1 atom stereocenters. The summed E-state index contributed by atoms with van der Waals surface area (Å²) in [5.41, 5.74) is 0. The molecule has 0 bridgehead atoms. The van der Waals surface area contributed by atoms with E-state index in [1.165, 1.54) is 12.8 Å². The predicted molar refractivity (Wildman–Crippen MR) is 51.7 cm³/mol. The highest BCUT2D eigenvalue weighted by molar-refractivity contribution is 4.55. The lowest BCUT2D eigenvalue weighted by molar-refractivity contribution is 0.00983. The molecule has 0 radical (unpaired) electrons. The minimum absolute atomic E-state index is 0.501. The summed E-state index contributed by atoms with van der Waals surface area (Å²) in [7, 11) is 0. The SMILES string of the molecule is CCCCC(C)CN(F)CCC. The van der Waals surface area contributed by atoms with Gasteiger partial charge < -0.3 is 0 Å². The lowest BCUT2D eigenvalue weighted by atomic mass is 10.0. The molecule has 0 aliphatic carbocycles. The van der Waals surface area contributed by atoms with Crippen LogP contribution < -0.4 is 0 Å². The van der Waals surface area contributed by atoms with Gasteiger partial charge >= 0.3 is 0 Å². The third-order valence-electron chi connectivity index (χ3n) is 2.03. The molecule has 0 spiro atoms. The van der Waals surface area contributed by atoms with Crippen LogP contribution in [-0.4, -0.2) is 18.2 Å². The van der Waals surface area contributed by atoms with Crippen LogP contribution in [0.25, 0.3) is 0 Å². The third kappa shape index (κ3) is 6.59. The number of halogens is 1. The van der Waals surface area contributed by atoms with Crippen molar-refractivity contribution in [3.63, 3.8) is 0 Å². The van der Waals surface area contributed by atoms with Crippen molar-refractivity contribution >= 4 is 0 Å². The Bertz CT molecular complexity index is 95.8. The van der Waals surface area contributed by atoms with Gasteiger partial charge in [0, 0.05) is 13.1 Å². The molecule has 1 nitrogen and oxygen atoms in total. The summed E-state index contributed by atoms with van der Waals surface area (Å²) in [6.07, 6.45) is 4.49. The van der Waals surface area contributed by atoms with Crippen LogP contribution in [0.1, 0.15) is 46.5 Å². The molecule has 0 aromatic heterocycles. The summed E-state index contributed by atoms with van der Waals surface area (Å²) < 4.78 is 12.9. The van der Waals surface area contributed by atoms with E-state index in [0.29, 0.717) is 19.0 Å². The quantitative estimate of drug-likeness (QED) is 0.536. The van der Waals surface area contributed by atoms with E-state index >= 15 is 0 Å². The van der Waals surface area contributed by atoms with Crippen LogP contribution in [0.5, 0.6) is 0 Å². The maximum atomic E-state index is 12.9. The molecule has 12 heavy (non-hydrogen) atoms. The van der Waals surface area contributed by atoms with Crippen LogP contribution in [-0.2, 0) is 0 Å². The fourth-order valence-corrected chi connectivity index (χ4v) is 1.32. The molecule has 0 fully saturated rings. The molecule has 2 heteroatoms. The summed E-state index contributed by atoms with van der Waals surface area (Å²) in [6.45, 7) is 7.48. The minimum atomic E-state index is 0.501. The van der Waals surface area contributed by atoms with Crippen LogP contribution in [0.2, 0.25) is 0 Å². The maximum Gasteiger partial charge on any atom is 0.0316 e. The Hall–Kier alpha value is -0.110. The van der Waals surface area contributed by atoms with Crippen molar-refractivity contribution in [2.75, 3.05) is 13.1 Å². The van der Waals surface area contributed by atoms with Crippen LogP contribution in [0.3, 0.4) is 0 Å². The molecule has 0 heterocycles. The second-order valence-corrected chi connectivity index (χ2v) is 3.62. The molecule has 0 aromatic rings. The number of rotatable bonds is 7. The molecular formula is C10H22FN. The van der Waals surface area contributed by atoms with E-state index in [-0.39, 0.29) is 0 Å².